The lowest BCUT2D eigenvalue weighted by atomic mass is 10.1. The van der Waals surface area contributed by atoms with Gasteiger partial charge >= 0.3 is 6.18 Å². The van der Waals surface area contributed by atoms with Crippen LogP contribution in [0.1, 0.15) is 37.8 Å². The molecular formula is C13H18F3N. The van der Waals surface area contributed by atoms with Gasteiger partial charge in [0.05, 0.1) is 5.56 Å². The predicted octanol–water partition coefficient (Wildman–Crippen LogP) is 4.61. The molecule has 0 spiro atoms. The van der Waals surface area contributed by atoms with E-state index in [1.54, 1.807) is 6.92 Å². The van der Waals surface area contributed by atoms with Gasteiger partial charge < -0.3 is 5.32 Å². The first kappa shape index (κ1) is 13.9. The van der Waals surface area contributed by atoms with Gasteiger partial charge in [-0.3, -0.25) is 0 Å². The zero-order chi connectivity index (χ0) is 13.1. The lowest BCUT2D eigenvalue weighted by Gasteiger charge is -2.18. The Bertz CT molecular complexity index is 371. The van der Waals surface area contributed by atoms with Gasteiger partial charge in [0.1, 0.15) is 0 Å². The molecule has 0 aliphatic carbocycles. The quantitative estimate of drug-likeness (QED) is 0.816. The van der Waals surface area contributed by atoms with Crippen molar-refractivity contribution in [3.05, 3.63) is 29.3 Å². The SMILES string of the molecule is CCCC(C)Nc1cc(C(F)(F)F)ccc1C. The van der Waals surface area contributed by atoms with E-state index in [1.807, 2.05) is 6.92 Å². The largest absolute Gasteiger partial charge is 0.416 e. The number of aryl methyl sites for hydroxylation is 1. The number of rotatable bonds is 4. The van der Waals surface area contributed by atoms with E-state index >= 15 is 0 Å². The van der Waals surface area contributed by atoms with E-state index in [-0.39, 0.29) is 6.04 Å². The van der Waals surface area contributed by atoms with Crippen molar-refractivity contribution in [2.45, 2.75) is 45.8 Å². The van der Waals surface area contributed by atoms with Crippen LogP contribution in [0.25, 0.3) is 0 Å². The highest BCUT2D eigenvalue weighted by Crippen LogP contribution is 2.32. The fourth-order valence-corrected chi connectivity index (χ4v) is 1.72. The summed E-state index contributed by atoms with van der Waals surface area (Å²) in [7, 11) is 0. The topological polar surface area (TPSA) is 12.0 Å². The summed E-state index contributed by atoms with van der Waals surface area (Å²) < 4.78 is 37.7. The average Bonchev–Trinajstić information content (AvgIpc) is 2.20. The lowest BCUT2D eigenvalue weighted by Crippen LogP contribution is -2.16. The molecule has 17 heavy (non-hydrogen) atoms. The third-order valence-corrected chi connectivity index (χ3v) is 2.69. The Morgan fingerprint density at radius 1 is 1.29 bits per heavy atom. The Kier molecular flexibility index (Phi) is 4.43. The van der Waals surface area contributed by atoms with Crippen LogP contribution in [0.15, 0.2) is 18.2 Å². The molecule has 0 saturated carbocycles. The number of alkyl halides is 3. The third-order valence-electron chi connectivity index (χ3n) is 2.69. The molecule has 1 nitrogen and oxygen atoms in total. The number of benzene rings is 1. The minimum Gasteiger partial charge on any atom is -0.382 e. The van der Waals surface area contributed by atoms with Gasteiger partial charge in [-0.15, -0.1) is 0 Å². The highest BCUT2D eigenvalue weighted by molar-refractivity contribution is 5.53. The van der Waals surface area contributed by atoms with Crippen molar-refractivity contribution in [1.29, 1.82) is 0 Å². The van der Waals surface area contributed by atoms with Gasteiger partial charge in [-0.05, 0) is 38.0 Å². The molecule has 96 valence electrons. The zero-order valence-corrected chi connectivity index (χ0v) is 10.4. The average molecular weight is 245 g/mol. The van der Waals surface area contributed by atoms with Crippen LogP contribution in [0.5, 0.6) is 0 Å². The fraction of sp³-hybridized carbons (Fsp3) is 0.538. The summed E-state index contributed by atoms with van der Waals surface area (Å²) >= 11 is 0. The van der Waals surface area contributed by atoms with Crippen LogP contribution in [0.2, 0.25) is 0 Å². The van der Waals surface area contributed by atoms with Crippen molar-refractivity contribution in [2.24, 2.45) is 0 Å². The third kappa shape index (κ3) is 3.95. The molecule has 0 saturated heterocycles. The van der Waals surface area contributed by atoms with Crippen LogP contribution in [0, 0.1) is 6.92 Å². The van der Waals surface area contributed by atoms with E-state index in [9.17, 15) is 13.2 Å². The van der Waals surface area contributed by atoms with Crippen molar-refractivity contribution >= 4 is 5.69 Å². The van der Waals surface area contributed by atoms with E-state index < -0.39 is 11.7 Å². The second-order valence-corrected chi connectivity index (χ2v) is 4.36. The second kappa shape index (κ2) is 5.43. The van der Waals surface area contributed by atoms with E-state index in [0.29, 0.717) is 5.69 Å². The molecule has 1 atom stereocenters. The first-order valence-corrected chi connectivity index (χ1v) is 5.79. The molecule has 0 fully saturated rings. The molecule has 0 aliphatic rings. The normalized spacial score (nSPS) is 13.5. The number of nitrogens with one attached hydrogen (secondary N) is 1. The maximum absolute atomic E-state index is 12.6. The summed E-state index contributed by atoms with van der Waals surface area (Å²) in [6, 6.07) is 3.98. The molecule has 0 amide bonds. The van der Waals surface area contributed by atoms with Gasteiger partial charge in [-0.2, -0.15) is 13.2 Å². The minimum atomic E-state index is -4.28. The van der Waals surface area contributed by atoms with Gasteiger partial charge in [0.25, 0.3) is 0 Å². The Morgan fingerprint density at radius 2 is 1.94 bits per heavy atom. The Labute approximate surface area is 100 Å². The van der Waals surface area contributed by atoms with Crippen LogP contribution >= 0.6 is 0 Å². The summed E-state index contributed by atoms with van der Waals surface area (Å²) in [5, 5.41) is 3.12. The number of hydrogen-bond donors (Lipinski definition) is 1. The summed E-state index contributed by atoms with van der Waals surface area (Å²) in [6.07, 6.45) is -2.33. The molecule has 1 rings (SSSR count). The van der Waals surface area contributed by atoms with Gasteiger partial charge in [0, 0.05) is 11.7 Å². The van der Waals surface area contributed by atoms with Gasteiger partial charge in [0.2, 0.25) is 0 Å². The van der Waals surface area contributed by atoms with E-state index in [4.69, 9.17) is 0 Å². The number of halogens is 3. The van der Waals surface area contributed by atoms with Gasteiger partial charge in [-0.1, -0.05) is 19.4 Å². The van der Waals surface area contributed by atoms with Crippen molar-refractivity contribution in [3.8, 4) is 0 Å². The molecule has 4 heteroatoms. The van der Waals surface area contributed by atoms with Gasteiger partial charge in [-0.25, -0.2) is 0 Å². The molecule has 0 bridgehead atoms. The van der Waals surface area contributed by atoms with E-state index in [1.165, 1.54) is 12.1 Å². The van der Waals surface area contributed by atoms with Crippen LogP contribution in [-0.4, -0.2) is 6.04 Å². The summed E-state index contributed by atoms with van der Waals surface area (Å²) in [6.45, 7) is 5.83. The van der Waals surface area contributed by atoms with Crippen LogP contribution in [0.3, 0.4) is 0 Å². The van der Waals surface area contributed by atoms with Crippen LogP contribution in [0.4, 0.5) is 18.9 Å². The van der Waals surface area contributed by atoms with E-state index in [0.717, 1.165) is 24.5 Å². The monoisotopic (exact) mass is 245 g/mol. The maximum atomic E-state index is 12.6. The Balaban J connectivity index is 2.91. The van der Waals surface area contributed by atoms with Crippen LogP contribution in [-0.2, 0) is 6.18 Å². The van der Waals surface area contributed by atoms with Crippen molar-refractivity contribution < 1.29 is 13.2 Å². The highest BCUT2D eigenvalue weighted by Gasteiger charge is 2.30. The fourth-order valence-electron chi connectivity index (χ4n) is 1.72. The van der Waals surface area contributed by atoms with Crippen LogP contribution < -0.4 is 5.32 Å². The van der Waals surface area contributed by atoms with Crippen molar-refractivity contribution in [1.82, 2.24) is 0 Å². The molecule has 0 aromatic heterocycles. The molecular weight excluding hydrogens is 227 g/mol. The lowest BCUT2D eigenvalue weighted by molar-refractivity contribution is -0.137. The molecule has 1 aromatic carbocycles. The smallest absolute Gasteiger partial charge is 0.382 e. The Hall–Kier alpha value is -1.19. The summed E-state index contributed by atoms with van der Waals surface area (Å²) in [5.74, 6) is 0. The molecule has 1 N–H and O–H groups in total. The highest BCUT2D eigenvalue weighted by atomic mass is 19.4. The second-order valence-electron chi connectivity index (χ2n) is 4.36. The number of hydrogen-bond acceptors (Lipinski definition) is 1. The predicted molar refractivity (Wildman–Crippen MR) is 64.2 cm³/mol. The minimum absolute atomic E-state index is 0.183. The maximum Gasteiger partial charge on any atom is 0.416 e. The molecule has 0 aliphatic heterocycles. The summed E-state index contributed by atoms with van der Waals surface area (Å²) in [4.78, 5) is 0. The first-order valence-electron chi connectivity index (χ1n) is 5.79. The molecule has 1 aromatic rings. The molecule has 1 unspecified atom stereocenters. The van der Waals surface area contributed by atoms with E-state index in [2.05, 4.69) is 12.2 Å². The first-order chi connectivity index (χ1) is 7.84. The number of anilines is 1. The standard InChI is InChI=1S/C13H18F3N/c1-4-5-10(3)17-12-8-11(13(14,15)16)7-6-9(12)2/h6-8,10,17H,4-5H2,1-3H3. The Morgan fingerprint density at radius 3 is 2.47 bits per heavy atom. The van der Waals surface area contributed by atoms with Gasteiger partial charge in [0.15, 0.2) is 0 Å². The zero-order valence-electron chi connectivity index (χ0n) is 10.4. The molecule has 0 heterocycles. The summed E-state index contributed by atoms with van der Waals surface area (Å²) in [5.41, 5.74) is 0.802. The molecule has 0 radical (unpaired) electrons. The van der Waals surface area contributed by atoms with Crippen molar-refractivity contribution in [3.63, 3.8) is 0 Å². The van der Waals surface area contributed by atoms with Crippen molar-refractivity contribution in [2.75, 3.05) is 5.32 Å².